The first-order valence-corrected chi connectivity index (χ1v) is 8.66. The van der Waals surface area contributed by atoms with Gasteiger partial charge in [0.15, 0.2) is 15.0 Å². The van der Waals surface area contributed by atoms with Crippen LogP contribution in [0.15, 0.2) is 34.5 Å². The smallest absolute Gasteiger partial charge is 0.183 e. The molecule has 1 N–H and O–H groups in total. The van der Waals surface area contributed by atoms with Gasteiger partial charge in [-0.3, -0.25) is 0 Å². The van der Waals surface area contributed by atoms with Crippen molar-refractivity contribution in [1.29, 1.82) is 0 Å². The van der Waals surface area contributed by atoms with Crippen LogP contribution >= 0.6 is 11.3 Å². The minimum atomic E-state index is -3.14. The highest BCUT2D eigenvalue weighted by Crippen LogP contribution is 2.26. The number of benzene rings is 1. The van der Waals surface area contributed by atoms with Crippen molar-refractivity contribution in [3.05, 3.63) is 29.6 Å². The van der Waals surface area contributed by atoms with Gasteiger partial charge in [-0.2, -0.15) is 0 Å². The lowest BCUT2D eigenvalue weighted by molar-refractivity contribution is 0.602. The molecule has 0 bridgehead atoms. The Balaban J connectivity index is 2.25. The van der Waals surface area contributed by atoms with E-state index in [9.17, 15) is 8.42 Å². The van der Waals surface area contributed by atoms with Crippen molar-refractivity contribution in [1.82, 2.24) is 4.98 Å². The first-order valence-electron chi connectivity index (χ1n) is 5.89. The summed E-state index contributed by atoms with van der Waals surface area (Å²) in [6, 6.07) is 7.13. The summed E-state index contributed by atoms with van der Waals surface area (Å²) in [6.45, 7) is 4.12. The van der Waals surface area contributed by atoms with Gasteiger partial charge in [0.1, 0.15) is 0 Å². The van der Waals surface area contributed by atoms with Gasteiger partial charge in [0.2, 0.25) is 0 Å². The minimum absolute atomic E-state index is 0.326. The van der Waals surface area contributed by atoms with E-state index in [0.717, 1.165) is 16.4 Å². The van der Waals surface area contributed by atoms with E-state index < -0.39 is 9.84 Å². The molecule has 0 spiro atoms. The Morgan fingerprint density at radius 2 is 1.84 bits per heavy atom. The molecule has 1 heterocycles. The highest BCUT2D eigenvalue weighted by molar-refractivity contribution is 7.90. The molecule has 0 aliphatic rings. The van der Waals surface area contributed by atoms with Crippen LogP contribution in [0.4, 0.5) is 5.13 Å². The van der Waals surface area contributed by atoms with Crippen molar-refractivity contribution < 1.29 is 8.42 Å². The van der Waals surface area contributed by atoms with Crippen LogP contribution in [0.25, 0.3) is 11.3 Å². The maximum Gasteiger partial charge on any atom is 0.183 e. The number of anilines is 1. The van der Waals surface area contributed by atoms with E-state index in [1.54, 1.807) is 35.6 Å². The van der Waals surface area contributed by atoms with E-state index >= 15 is 0 Å². The van der Waals surface area contributed by atoms with Gasteiger partial charge >= 0.3 is 0 Å². The van der Waals surface area contributed by atoms with Crippen molar-refractivity contribution in [2.45, 2.75) is 24.8 Å². The Kier molecular flexibility index (Phi) is 3.91. The third-order valence-corrected chi connectivity index (χ3v) is 4.40. The summed E-state index contributed by atoms with van der Waals surface area (Å²) in [7, 11) is -3.14. The third-order valence-electron chi connectivity index (χ3n) is 2.49. The number of rotatable bonds is 4. The SMILES string of the molecule is CC(C)Nc1nc(-c2ccc(S(C)(=O)=O)cc2)cs1. The number of thiazole rings is 1. The normalized spacial score (nSPS) is 11.8. The number of nitrogens with zero attached hydrogens (tertiary/aromatic N) is 1. The van der Waals surface area contributed by atoms with Crippen molar-refractivity contribution in [3.8, 4) is 11.3 Å². The standard InChI is InChI=1S/C13H16N2O2S2/c1-9(2)14-13-15-12(8-18-13)10-4-6-11(7-5-10)19(3,16)17/h4-9H,1-3H3,(H,14,15). The molecule has 0 aliphatic heterocycles. The van der Waals surface area contributed by atoms with Crippen molar-refractivity contribution >= 4 is 26.3 Å². The van der Waals surface area contributed by atoms with Gasteiger partial charge in [0.25, 0.3) is 0 Å². The molecule has 19 heavy (non-hydrogen) atoms. The second-order valence-electron chi connectivity index (χ2n) is 4.63. The second kappa shape index (κ2) is 5.30. The van der Waals surface area contributed by atoms with Crippen LogP contribution in [-0.2, 0) is 9.84 Å². The zero-order valence-corrected chi connectivity index (χ0v) is 12.7. The molecule has 0 fully saturated rings. The first-order chi connectivity index (χ1) is 8.86. The van der Waals surface area contributed by atoms with Crippen molar-refractivity contribution in [3.63, 3.8) is 0 Å². The number of nitrogens with one attached hydrogen (secondary N) is 1. The van der Waals surface area contributed by atoms with Crippen LogP contribution in [0.3, 0.4) is 0 Å². The summed E-state index contributed by atoms with van der Waals surface area (Å²) in [5.41, 5.74) is 1.77. The van der Waals surface area contributed by atoms with Gasteiger partial charge in [0, 0.05) is 23.2 Å². The molecule has 0 saturated heterocycles. The van der Waals surface area contributed by atoms with E-state index in [1.165, 1.54) is 6.26 Å². The molecule has 2 rings (SSSR count). The van der Waals surface area contributed by atoms with Gasteiger partial charge in [-0.1, -0.05) is 12.1 Å². The predicted molar refractivity (Wildman–Crippen MR) is 79.4 cm³/mol. The second-order valence-corrected chi connectivity index (χ2v) is 7.51. The monoisotopic (exact) mass is 296 g/mol. The number of hydrogen-bond donors (Lipinski definition) is 1. The molecular formula is C13H16N2O2S2. The van der Waals surface area contributed by atoms with E-state index in [-0.39, 0.29) is 0 Å². The lowest BCUT2D eigenvalue weighted by Gasteiger charge is -2.04. The van der Waals surface area contributed by atoms with Gasteiger partial charge in [-0.05, 0) is 26.0 Å². The zero-order chi connectivity index (χ0) is 14.0. The molecular weight excluding hydrogens is 280 g/mol. The summed E-state index contributed by atoms with van der Waals surface area (Å²) in [5.74, 6) is 0. The Hall–Kier alpha value is -1.40. The van der Waals surface area contributed by atoms with E-state index in [0.29, 0.717) is 10.9 Å². The van der Waals surface area contributed by atoms with E-state index in [2.05, 4.69) is 24.1 Å². The molecule has 0 atom stereocenters. The van der Waals surface area contributed by atoms with E-state index in [1.807, 2.05) is 5.38 Å². The molecule has 4 nitrogen and oxygen atoms in total. The minimum Gasteiger partial charge on any atom is -0.359 e. The van der Waals surface area contributed by atoms with Gasteiger partial charge in [0.05, 0.1) is 10.6 Å². The summed E-state index contributed by atoms with van der Waals surface area (Å²) in [6.07, 6.45) is 1.20. The summed E-state index contributed by atoms with van der Waals surface area (Å²) in [4.78, 5) is 4.80. The Morgan fingerprint density at radius 1 is 1.21 bits per heavy atom. The van der Waals surface area contributed by atoms with Gasteiger partial charge in [-0.15, -0.1) is 11.3 Å². The average molecular weight is 296 g/mol. The number of aromatic nitrogens is 1. The predicted octanol–water partition coefficient (Wildman–Crippen LogP) is 3.03. The van der Waals surface area contributed by atoms with Gasteiger partial charge in [-0.25, -0.2) is 13.4 Å². The van der Waals surface area contributed by atoms with Gasteiger partial charge < -0.3 is 5.32 Å². The highest BCUT2D eigenvalue weighted by Gasteiger charge is 2.09. The lowest BCUT2D eigenvalue weighted by Crippen LogP contribution is -2.08. The average Bonchev–Trinajstić information content (AvgIpc) is 2.75. The molecule has 1 aromatic heterocycles. The molecule has 102 valence electrons. The fourth-order valence-corrected chi connectivity index (χ4v) is 3.09. The van der Waals surface area contributed by atoms with Crippen molar-refractivity contribution in [2.75, 3.05) is 11.6 Å². The largest absolute Gasteiger partial charge is 0.359 e. The molecule has 1 aromatic carbocycles. The van der Waals surface area contributed by atoms with Crippen LogP contribution < -0.4 is 5.32 Å². The lowest BCUT2D eigenvalue weighted by atomic mass is 10.2. The third kappa shape index (κ3) is 3.54. The maximum atomic E-state index is 11.4. The highest BCUT2D eigenvalue weighted by atomic mass is 32.2. The summed E-state index contributed by atoms with van der Waals surface area (Å²) >= 11 is 1.54. The molecule has 2 aromatic rings. The Labute approximate surface area is 117 Å². The molecule has 6 heteroatoms. The van der Waals surface area contributed by atoms with Crippen LogP contribution in [0.5, 0.6) is 0 Å². The van der Waals surface area contributed by atoms with Crippen LogP contribution in [0.1, 0.15) is 13.8 Å². The Morgan fingerprint density at radius 3 is 2.37 bits per heavy atom. The first kappa shape index (κ1) is 14.0. The zero-order valence-electron chi connectivity index (χ0n) is 11.0. The van der Waals surface area contributed by atoms with Crippen LogP contribution in [0.2, 0.25) is 0 Å². The summed E-state index contributed by atoms with van der Waals surface area (Å²) < 4.78 is 22.8. The maximum absolute atomic E-state index is 11.4. The van der Waals surface area contributed by atoms with E-state index in [4.69, 9.17) is 0 Å². The number of sulfone groups is 1. The van der Waals surface area contributed by atoms with Crippen LogP contribution in [-0.4, -0.2) is 25.7 Å². The Bertz CT molecular complexity index is 658. The molecule has 0 amide bonds. The van der Waals surface area contributed by atoms with Crippen LogP contribution in [0, 0.1) is 0 Å². The fraction of sp³-hybridized carbons (Fsp3) is 0.308. The molecule has 0 aliphatic carbocycles. The molecule has 0 unspecified atom stereocenters. The van der Waals surface area contributed by atoms with Crippen molar-refractivity contribution in [2.24, 2.45) is 0 Å². The number of hydrogen-bond acceptors (Lipinski definition) is 5. The summed E-state index contributed by atoms with van der Waals surface area (Å²) in [5, 5.41) is 6.07. The molecule has 0 radical (unpaired) electrons. The topological polar surface area (TPSA) is 59.1 Å². The fourth-order valence-electron chi connectivity index (χ4n) is 1.59. The quantitative estimate of drug-likeness (QED) is 0.942. The molecule has 0 saturated carbocycles.